The van der Waals surface area contributed by atoms with Crippen molar-refractivity contribution < 1.29 is 22.7 Å². The molecule has 0 aromatic heterocycles. The maximum absolute atomic E-state index is 12.6. The molecule has 0 radical (unpaired) electrons. The van der Waals surface area contributed by atoms with Crippen LogP contribution >= 0.6 is 15.9 Å². The van der Waals surface area contributed by atoms with E-state index in [-0.39, 0.29) is 22.3 Å². The molecule has 0 aliphatic heterocycles. The third kappa shape index (κ3) is 7.51. The van der Waals surface area contributed by atoms with E-state index < -0.39 is 10.0 Å². The molecular weight excluding hydrogens is 460 g/mol. The van der Waals surface area contributed by atoms with E-state index in [0.29, 0.717) is 31.5 Å². The number of sulfonamides is 1. The number of esters is 1. The fourth-order valence-corrected chi connectivity index (χ4v) is 3.88. The predicted molar refractivity (Wildman–Crippen MR) is 114 cm³/mol. The van der Waals surface area contributed by atoms with Gasteiger partial charge in [-0.1, -0.05) is 28.4 Å². The lowest BCUT2D eigenvalue weighted by atomic mass is 10.2. The van der Waals surface area contributed by atoms with Crippen molar-refractivity contribution in [2.45, 2.75) is 30.6 Å². The number of amides is 1. The van der Waals surface area contributed by atoms with Crippen LogP contribution in [0.2, 0.25) is 0 Å². The van der Waals surface area contributed by atoms with Crippen molar-refractivity contribution in [1.82, 2.24) is 5.32 Å². The molecule has 0 saturated heterocycles. The molecule has 156 valence electrons. The number of benzene rings is 2. The first kappa shape index (κ1) is 22.9. The van der Waals surface area contributed by atoms with Crippen molar-refractivity contribution in [2.75, 3.05) is 18.4 Å². The van der Waals surface area contributed by atoms with Gasteiger partial charge >= 0.3 is 5.97 Å². The number of carbonyl (C=O) groups excluding carboxylic acids is 2. The van der Waals surface area contributed by atoms with Crippen LogP contribution in [0.4, 0.5) is 5.69 Å². The summed E-state index contributed by atoms with van der Waals surface area (Å²) in [5, 5.41) is 2.76. The van der Waals surface area contributed by atoms with Gasteiger partial charge in [-0.3, -0.25) is 14.3 Å². The molecule has 0 fully saturated rings. The van der Waals surface area contributed by atoms with Crippen molar-refractivity contribution in [3.8, 4) is 0 Å². The topological polar surface area (TPSA) is 102 Å². The van der Waals surface area contributed by atoms with Crippen molar-refractivity contribution >= 4 is 43.5 Å². The third-order valence-electron chi connectivity index (χ3n) is 4.07. The van der Waals surface area contributed by atoms with Gasteiger partial charge in [0, 0.05) is 28.7 Å². The predicted octanol–water partition coefficient (Wildman–Crippen LogP) is 3.71. The Morgan fingerprint density at radius 2 is 1.76 bits per heavy atom. The summed E-state index contributed by atoms with van der Waals surface area (Å²) in [4.78, 5) is 23.3. The Hall–Kier alpha value is -2.39. The van der Waals surface area contributed by atoms with E-state index in [0.717, 1.165) is 10.9 Å². The minimum atomic E-state index is -3.81. The number of halogens is 1. The largest absolute Gasteiger partial charge is 0.469 e. The highest BCUT2D eigenvalue weighted by atomic mass is 79.9. The maximum atomic E-state index is 12.6. The van der Waals surface area contributed by atoms with Gasteiger partial charge in [0.25, 0.3) is 15.9 Å². The molecule has 7 nitrogen and oxygen atoms in total. The number of carbonyl (C=O) groups is 2. The van der Waals surface area contributed by atoms with E-state index in [1.807, 2.05) is 0 Å². The fraction of sp³-hybridized carbons (Fsp3) is 0.300. The van der Waals surface area contributed by atoms with Crippen molar-refractivity contribution in [3.05, 3.63) is 58.6 Å². The molecule has 2 aromatic rings. The molecular formula is C20H23BrN2O5S. The summed E-state index contributed by atoms with van der Waals surface area (Å²) in [6, 6.07) is 12.6. The van der Waals surface area contributed by atoms with Crippen LogP contribution in [-0.4, -0.2) is 33.9 Å². The second-order valence-electron chi connectivity index (χ2n) is 6.28. The second kappa shape index (κ2) is 11.0. The van der Waals surface area contributed by atoms with Gasteiger partial charge in [-0.05, 0) is 55.3 Å². The zero-order valence-electron chi connectivity index (χ0n) is 16.0. The number of rotatable bonds is 10. The van der Waals surface area contributed by atoms with Gasteiger partial charge in [0.15, 0.2) is 0 Å². The zero-order valence-corrected chi connectivity index (χ0v) is 18.4. The molecule has 9 heteroatoms. The van der Waals surface area contributed by atoms with Crippen LogP contribution in [0.3, 0.4) is 0 Å². The first-order valence-corrected chi connectivity index (χ1v) is 11.3. The minimum Gasteiger partial charge on any atom is -0.469 e. The molecule has 1 amide bonds. The molecule has 0 aliphatic carbocycles. The Balaban J connectivity index is 1.91. The highest BCUT2D eigenvalue weighted by Crippen LogP contribution is 2.19. The van der Waals surface area contributed by atoms with Gasteiger partial charge in [-0.25, -0.2) is 8.42 Å². The van der Waals surface area contributed by atoms with Crippen LogP contribution in [0, 0.1) is 0 Å². The SMILES string of the molecule is COC(=O)CCCCCNC(=O)c1cccc(S(=O)(=O)Nc2ccc(Br)cc2)c1. The van der Waals surface area contributed by atoms with Gasteiger partial charge < -0.3 is 10.1 Å². The van der Waals surface area contributed by atoms with E-state index in [1.54, 1.807) is 30.3 Å². The molecule has 0 spiro atoms. The molecule has 0 atom stereocenters. The van der Waals surface area contributed by atoms with Crippen molar-refractivity contribution in [3.63, 3.8) is 0 Å². The number of ether oxygens (including phenoxy) is 1. The van der Waals surface area contributed by atoms with Gasteiger partial charge in [-0.15, -0.1) is 0 Å². The van der Waals surface area contributed by atoms with Crippen LogP contribution in [0.25, 0.3) is 0 Å². The normalized spacial score (nSPS) is 11.0. The summed E-state index contributed by atoms with van der Waals surface area (Å²) in [6.45, 7) is 0.439. The Kier molecular flexibility index (Phi) is 8.66. The highest BCUT2D eigenvalue weighted by Gasteiger charge is 2.16. The lowest BCUT2D eigenvalue weighted by molar-refractivity contribution is -0.140. The summed E-state index contributed by atoms with van der Waals surface area (Å²) < 4.78 is 33.1. The first-order valence-electron chi connectivity index (χ1n) is 9.05. The zero-order chi connectivity index (χ0) is 21.3. The maximum Gasteiger partial charge on any atom is 0.305 e. The Morgan fingerprint density at radius 3 is 2.45 bits per heavy atom. The van der Waals surface area contributed by atoms with E-state index >= 15 is 0 Å². The van der Waals surface area contributed by atoms with Crippen molar-refractivity contribution in [2.24, 2.45) is 0 Å². The summed E-state index contributed by atoms with van der Waals surface area (Å²) in [7, 11) is -2.46. The molecule has 0 heterocycles. The average molecular weight is 483 g/mol. The number of nitrogens with one attached hydrogen (secondary N) is 2. The monoisotopic (exact) mass is 482 g/mol. The molecule has 2 aromatic carbocycles. The number of hydrogen-bond acceptors (Lipinski definition) is 5. The smallest absolute Gasteiger partial charge is 0.305 e. The lowest BCUT2D eigenvalue weighted by Gasteiger charge is -2.10. The molecule has 0 saturated carbocycles. The average Bonchev–Trinajstić information content (AvgIpc) is 2.71. The van der Waals surface area contributed by atoms with E-state index in [4.69, 9.17) is 0 Å². The lowest BCUT2D eigenvalue weighted by Crippen LogP contribution is -2.25. The fourth-order valence-electron chi connectivity index (χ4n) is 2.51. The highest BCUT2D eigenvalue weighted by molar-refractivity contribution is 9.10. The third-order valence-corrected chi connectivity index (χ3v) is 5.98. The van der Waals surface area contributed by atoms with Gasteiger partial charge in [0.05, 0.1) is 12.0 Å². The second-order valence-corrected chi connectivity index (χ2v) is 8.88. The number of anilines is 1. The van der Waals surface area contributed by atoms with Crippen LogP contribution in [-0.2, 0) is 19.6 Å². The molecule has 0 bridgehead atoms. The van der Waals surface area contributed by atoms with Crippen LogP contribution in [0.5, 0.6) is 0 Å². The molecule has 2 N–H and O–H groups in total. The number of unbranched alkanes of at least 4 members (excludes halogenated alkanes) is 2. The standard InChI is InChI=1S/C20H23BrN2O5S/c1-28-19(24)8-3-2-4-13-22-20(25)15-6-5-7-18(14-15)29(26,27)23-17-11-9-16(21)10-12-17/h5-7,9-12,14,23H,2-4,8,13H2,1H3,(H,22,25). The van der Waals surface area contributed by atoms with Gasteiger partial charge in [-0.2, -0.15) is 0 Å². The van der Waals surface area contributed by atoms with Crippen molar-refractivity contribution in [1.29, 1.82) is 0 Å². The van der Waals surface area contributed by atoms with Gasteiger partial charge in [0.1, 0.15) is 0 Å². The molecule has 29 heavy (non-hydrogen) atoms. The van der Waals surface area contributed by atoms with E-state index in [1.165, 1.54) is 25.3 Å². The summed E-state index contributed by atoms with van der Waals surface area (Å²) in [5.74, 6) is -0.595. The minimum absolute atomic E-state index is 0.00569. The Labute approximate surface area is 179 Å². The molecule has 0 unspecified atom stereocenters. The summed E-state index contributed by atoms with van der Waals surface area (Å²) in [5.41, 5.74) is 0.688. The van der Waals surface area contributed by atoms with Crippen LogP contribution in [0.15, 0.2) is 57.9 Å². The summed E-state index contributed by atoms with van der Waals surface area (Å²) >= 11 is 3.30. The first-order chi connectivity index (χ1) is 13.8. The Morgan fingerprint density at radius 1 is 1.03 bits per heavy atom. The number of methoxy groups -OCH3 is 1. The number of hydrogen-bond donors (Lipinski definition) is 2. The summed E-state index contributed by atoms with van der Waals surface area (Å²) in [6.07, 6.45) is 2.54. The molecule has 2 rings (SSSR count). The van der Waals surface area contributed by atoms with Crippen LogP contribution < -0.4 is 10.0 Å². The van der Waals surface area contributed by atoms with E-state index in [2.05, 4.69) is 30.7 Å². The Bertz CT molecular complexity index is 946. The molecule has 0 aliphatic rings. The van der Waals surface area contributed by atoms with Gasteiger partial charge in [0.2, 0.25) is 0 Å². The quantitative estimate of drug-likeness (QED) is 0.396. The van der Waals surface area contributed by atoms with Crippen LogP contribution in [0.1, 0.15) is 36.0 Å². The van der Waals surface area contributed by atoms with E-state index in [9.17, 15) is 18.0 Å².